The Labute approximate surface area is 141 Å². The first-order valence-corrected chi connectivity index (χ1v) is 8.18. The smallest absolute Gasteiger partial charge is 0.198 e. The summed E-state index contributed by atoms with van der Waals surface area (Å²) in [5.74, 6) is 0. The van der Waals surface area contributed by atoms with Crippen molar-refractivity contribution in [3.8, 4) is 0 Å². The van der Waals surface area contributed by atoms with Crippen LogP contribution in [0.2, 0.25) is 0 Å². The summed E-state index contributed by atoms with van der Waals surface area (Å²) in [6.45, 7) is 4.99. The lowest BCUT2D eigenvalue weighted by Gasteiger charge is -2.28. The van der Waals surface area contributed by atoms with Crippen molar-refractivity contribution in [2.45, 2.75) is 26.3 Å². The minimum absolute atomic E-state index is 0.334. The van der Waals surface area contributed by atoms with Gasteiger partial charge in [-0.25, -0.2) is 4.68 Å². The van der Waals surface area contributed by atoms with Crippen molar-refractivity contribution in [3.05, 3.63) is 54.6 Å². The van der Waals surface area contributed by atoms with Crippen LogP contribution >= 0.6 is 0 Å². The third kappa shape index (κ3) is 3.55. The van der Waals surface area contributed by atoms with Gasteiger partial charge in [0.2, 0.25) is 0 Å². The van der Waals surface area contributed by atoms with E-state index in [1.807, 2.05) is 73.1 Å². The van der Waals surface area contributed by atoms with Gasteiger partial charge in [0.25, 0.3) is 0 Å². The van der Waals surface area contributed by atoms with Gasteiger partial charge in [-0.2, -0.15) is 0 Å². The van der Waals surface area contributed by atoms with Gasteiger partial charge in [0.05, 0.1) is 5.52 Å². The fourth-order valence-corrected chi connectivity index (χ4v) is 2.60. The number of aromatic nitrogens is 3. The van der Waals surface area contributed by atoms with Crippen molar-refractivity contribution in [3.63, 3.8) is 0 Å². The van der Waals surface area contributed by atoms with Crippen LogP contribution in [0.5, 0.6) is 0 Å². The molecule has 1 unspecified atom stereocenters. The fourth-order valence-electron chi connectivity index (χ4n) is 2.60. The van der Waals surface area contributed by atoms with Crippen LogP contribution in [-0.2, 0) is 9.47 Å². The van der Waals surface area contributed by atoms with Gasteiger partial charge in [-0.3, -0.25) is 0 Å². The predicted octanol–water partition coefficient (Wildman–Crippen LogP) is 3.44. The molecule has 2 aromatic carbocycles. The summed E-state index contributed by atoms with van der Waals surface area (Å²) in [6.07, 6.45) is -0.815. The number of para-hydroxylation sites is 2. The van der Waals surface area contributed by atoms with Crippen molar-refractivity contribution in [2.75, 3.05) is 18.5 Å². The highest BCUT2D eigenvalue weighted by molar-refractivity contribution is 5.74. The lowest BCUT2D eigenvalue weighted by Crippen LogP contribution is -2.36. The number of nitrogens with one attached hydrogen (secondary N) is 1. The Balaban J connectivity index is 2.00. The van der Waals surface area contributed by atoms with Gasteiger partial charge in [-0.05, 0) is 38.1 Å². The largest absolute Gasteiger partial charge is 0.360 e. The van der Waals surface area contributed by atoms with Crippen molar-refractivity contribution in [1.29, 1.82) is 0 Å². The van der Waals surface area contributed by atoms with Crippen LogP contribution < -0.4 is 5.32 Å². The van der Waals surface area contributed by atoms with Crippen LogP contribution in [0.1, 0.15) is 20.0 Å². The number of hydrogen-bond acceptors (Lipinski definition) is 5. The third-order valence-corrected chi connectivity index (χ3v) is 3.65. The molecule has 0 saturated heterocycles. The second kappa shape index (κ2) is 7.90. The molecule has 0 aliphatic carbocycles. The van der Waals surface area contributed by atoms with Gasteiger partial charge in [-0.1, -0.05) is 35.5 Å². The van der Waals surface area contributed by atoms with E-state index in [1.54, 1.807) is 0 Å². The summed E-state index contributed by atoms with van der Waals surface area (Å²) in [7, 11) is 0. The summed E-state index contributed by atoms with van der Waals surface area (Å²) in [6, 6.07) is 17.8. The van der Waals surface area contributed by atoms with Crippen LogP contribution in [0.15, 0.2) is 54.6 Å². The van der Waals surface area contributed by atoms with E-state index in [9.17, 15) is 0 Å². The molecule has 3 rings (SSSR count). The monoisotopic (exact) mass is 326 g/mol. The number of ether oxygens (including phenoxy) is 2. The first-order chi connectivity index (χ1) is 11.8. The Hall–Kier alpha value is -2.44. The van der Waals surface area contributed by atoms with Crippen LogP contribution in [0.3, 0.4) is 0 Å². The van der Waals surface area contributed by atoms with Crippen molar-refractivity contribution >= 4 is 16.7 Å². The van der Waals surface area contributed by atoms with E-state index < -0.39 is 6.29 Å². The van der Waals surface area contributed by atoms with E-state index in [0.717, 1.165) is 16.7 Å². The molecule has 24 heavy (non-hydrogen) atoms. The van der Waals surface area contributed by atoms with Gasteiger partial charge in [0, 0.05) is 18.9 Å². The first-order valence-electron chi connectivity index (χ1n) is 8.18. The van der Waals surface area contributed by atoms with Crippen LogP contribution in [0.25, 0.3) is 11.0 Å². The van der Waals surface area contributed by atoms with E-state index in [2.05, 4.69) is 15.6 Å². The Morgan fingerprint density at radius 1 is 0.958 bits per heavy atom. The average molecular weight is 326 g/mol. The van der Waals surface area contributed by atoms with Crippen LogP contribution in [0.4, 0.5) is 5.69 Å². The van der Waals surface area contributed by atoms with Crippen LogP contribution in [-0.4, -0.2) is 34.5 Å². The predicted molar refractivity (Wildman–Crippen MR) is 93.7 cm³/mol. The summed E-state index contributed by atoms with van der Waals surface area (Å²) in [5, 5.41) is 12.0. The highest BCUT2D eigenvalue weighted by Crippen LogP contribution is 2.23. The van der Waals surface area contributed by atoms with Gasteiger partial charge in [0.1, 0.15) is 5.52 Å². The molecule has 0 radical (unpaired) electrons. The number of rotatable bonds is 8. The topological polar surface area (TPSA) is 61.2 Å². The van der Waals surface area contributed by atoms with Gasteiger partial charge < -0.3 is 14.8 Å². The molecule has 1 N–H and O–H groups in total. The standard InChI is InChI=1S/C18H22N4O2/c1-3-23-18(24-4-2)17(19-14-10-6-5-7-11-14)22-16-13-9-8-12-15(16)20-21-22/h5-13,17-19H,3-4H2,1-2H3. The molecule has 1 aromatic heterocycles. The summed E-state index contributed by atoms with van der Waals surface area (Å²) in [4.78, 5) is 0. The molecule has 0 amide bonds. The minimum atomic E-state index is -0.481. The van der Waals surface area contributed by atoms with E-state index >= 15 is 0 Å². The zero-order chi connectivity index (χ0) is 16.8. The quantitative estimate of drug-likeness (QED) is 0.643. The Bertz CT molecular complexity index is 754. The fraction of sp³-hybridized carbons (Fsp3) is 0.333. The maximum absolute atomic E-state index is 5.82. The van der Waals surface area contributed by atoms with Gasteiger partial charge in [-0.15, -0.1) is 5.10 Å². The molecule has 0 bridgehead atoms. The lowest BCUT2D eigenvalue weighted by molar-refractivity contribution is -0.158. The summed E-state index contributed by atoms with van der Waals surface area (Å²) < 4.78 is 13.5. The molecule has 126 valence electrons. The molecule has 3 aromatic rings. The van der Waals surface area contributed by atoms with Crippen molar-refractivity contribution in [2.24, 2.45) is 0 Å². The van der Waals surface area contributed by atoms with Crippen molar-refractivity contribution in [1.82, 2.24) is 15.0 Å². The van der Waals surface area contributed by atoms with Gasteiger partial charge >= 0.3 is 0 Å². The summed E-state index contributed by atoms with van der Waals surface area (Å²) in [5.41, 5.74) is 2.73. The second-order valence-electron chi connectivity index (χ2n) is 5.26. The zero-order valence-electron chi connectivity index (χ0n) is 13.9. The SMILES string of the molecule is CCOC(OCC)C(Nc1ccccc1)n1nnc2ccccc21. The van der Waals surface area contributed by atoms with E-state index in [1.165, 1.54) is 0 Å². The molecule has 1 atom stereocenters. The van der Waals surface area contributed by atoms with Gasteiger partial charge in [0.15, 0.2) is 12.5 Å². The number of benzene rings is 2. The molecule has 6 heteroatoms. The molecule has 0 fully saturated rings. The van der Waals surface area contributed by atoms with Crippen molar-refractivity contribution < 1.29 is 9.47 Å². The number of nitrogens with zero attached hydrogens (tertiary/aromatic N) is 3. The third-order valence-electron chi connectivity index (χ3n) is 3.65. The van der Waals surface area contributed by atoms with Crippen LogP contribution in [0, 0.1) is 0 Å². The molecule has 1 heterocycles. The van der Waals surface area contributed by atoms with E-state index in [4.69, 9.17) is 9.47 Å². The highest BCUT2D eigenvalue weighted by Gasteiger charge is 2.27. The Kier molecular flexibility index (Phi) is 5.40. The Morgan fingerprint density at radius 3 is 2.33 bits per heavy atom. The number of hydrogen-bond donors (Lipinski definition) is 1. The molecule has 0 spiro atoms. The molecule has 0 aliphatic rings. The zero-order valence-corrected chi connectivity index (χ0v) is 13.9. The normalized spacial score (nSPS) is 12.6. The molecular weight excluding hydrogens is 304 g/mol. The first kappa shape index (κ1) is 16.4. The molecule has 0 saturated carbocycles. The summed E-state index contributed by atoms with van der Waals surface area (Å²) >= 11 is 0. The van der Waals surface area contributed by atoms with E-state index in [-0.39, 0.29) is 6.17 Å². The molecule has 6 nitrogen and oxygen atoms in total. The molecule has 0 aliphatic heterocycles. The molecular formula is C18H22N4O2. The maximum atomic E-state index is 5.82. The minimum Gasteiger partial charge on any atom is -0.360 e. The Morgan fingerprint density at radius 2 is 1.62 bits per heavy atom. The average Bonchev–Trinajstić information content (AvgIpc) is 3.04. The maximum Gasteiger partial charge on any atom is 0.198 e. The second-order valence-corrected chi connectivity index (χ2v) is 5.26. The van der Waals surface area contributed by atoms with E-state index in [0.29, 0.717) is 13.2 Å². The highest BCUT2D eigenvalue weighted by atomic mass is 16.7. The lowest BCUT2D eigenvalue weighted by atomic mass is 10.3. The number of fused-ring (bicyclic) bond motifs is 1. The number of anilines is 1.